The van der Waals surface area contributed by atoms with Gasteiger partial charge in [-0.15, -0.1) is 0 Å². The topological polar surface area (TPSA) is 90.4 Å². The third-order valence-corrected chi connectivity index (χ3v) is 4.36. The van der Waals surface area contributed by atoms with Gasteiger partial charge in [-0.2, -0.15) is 5.26 Å². The second-order valence-corrected chi connectivity index (χ2v) is 5.96. The van der Waals surface area contributed by atoms with Crippen LogP contribution in [0.25, 0.3) is 5.70 Å². The highest BCUT2D eigenvalue weighted by Gasteiger charge is 2.25. The standard InChI is InChI=1S/C17H21N3O3/c1-19(12-14-4-2-3-5-17(14)21)16(10-11-18)13-6-8-15(9-7-13)20(22)23/h6-10,14,17,21H,2-5,12H2,1H3/b16-10+. The Morgan fingerprint density at radius 3 is 2.65 bits per heavy atom. The number of nitrogens with zero attached hydrogens (tertiary/aromatic N) is 3. The Labute approximate surface area is 135 Å². The van der Waals surface area contributed by atoms with Crippen LogP contribution < -0.4 is 0 Å². The molecular weight excluding hydrogens is 294 g/mol. The number of allylic oxidation sites excluding steroid dienone is 1. The van der Waals surface area contributed by atoms with Crippen molar-refractivity contribution < 1.29 is 10.0 Å². The van der Waals surface area contributed by atoms with E-state index in [1.54, 1.807) is 12.1 Å². The molecule has 0 radical (unpaired) electrons. The van der Waals surface area contributed by atoms with Gasteiger partial charge in [-0.3, -0.25) is 10.1 Å². The summed E-state index contributed by atoms with van der Waals surface area (Å²) in [6, 6.07) is 8.20. The van der Waals surface area contributed by atoms with Gasteiger partial charge in [0.15, 0.2) is 0 Å². The summed E-state index contributed by atoms with van der Waals surface area (Å²) in [6.45, 7) is 0.658. The van der Waals surface area contributed by atoms with Crippen LogP contribution in [0.3, 0.4) is 0 Å². The van der Waals surface area contributed by atoms with Crippen LogP contribution in [0.4, 0.5) is 5.69 Å². The minimum absolute atomic E-state index is 0.0235. The van der Waals surface area contributed by atoms with Gasteiger partial charge in [-0.25, -0.2) is 0 Å². The first kappa shape index (κ1) is 17.0. The van der Waals surface area contributed by atoms with Gasteiger partial charge >= 0.3 is 0 Å². The molecule has 23 heavy (non-hydrogen) atoms. The van der Waals surface area contributed by atoms with Gasteiger partial charge in [-0.05, 0) is 30.5 Å². The lowest BCUT2D eigenvalue weighted by Gasteiger charge is -2.33. The van der Waals surface area contributed by atoms with E-state index in [1.165, 1.54) is 18.2 Å². The molecule has 1 aromatic rings. The molecule has 0 spiro atoms. The molecule has 0 aromatic heterocycles. The molecule has 6 heteroatoms. The monoisotopic (exact) mass is 315 g/mol. The van der Waals surface area contributed by atoms with Crippen LogP contribution in [0.2, 0.25) is 0 Å². The Morgan fingerprint density at radius 2 is 2.09 bits per heavy atom. The van der Waals surface area contributed by atoms with E-state index in [4.69, 9.17) is 5.26 Å². The maximum absolute atomic E-state index is 10.7. The number of rotatable bonds is 5. The summed E-state index contributed by atoms with van der Waals surface area (Å²) < 4.78 is 0. The summed E-state index contributed by atoms with van der Waals surface area (Å²) >= 11 is 0. The normalized spacial score (nSPS) is 21.5. The largest absolute Gasteiger partial charge is 0.393 e. The average molecular weight is 315 g/mol. The number of nitriles is 1. The highest BCUT2D eigenvalue weighted by molar-refractivity contribution is 5.67. The highest BCUT2D eigenvalue weighted by atomic mass is 16.6. The highest BCUT2D eigenvalue weighted by Crippen LogP contribution is 2.28. The first-order valence-electron chi connectivity index (χ1n) is 7.76. The molecule has 1 saturated carbocycles. The molecule has 6 nitrogen and oxygen atoms in total. The van der Waals surface area contributed by atoms with Crippen molar-refractivity contribution in [2.75, 3.05) is 13.6 Å². The fraction of sp³-hybridized carbons (Fsp3) is 0.471. The number of aliphatic hydroxyl groups is 1. The third kappa shape index (κ3) is 4.30. The van der Waals surface area contributed by atoms with Crippen molar-refractivity contribution in [2.45, 2.75) is 31.8 Å². The maximum Gasteiger partial charge on any atom is 0.269 e. The molecular formula is C17H21N3O3. The lowest BCUT2D eigenvalue weighted by atomic mass is 9.86. The number of hydrogen-bond donors (Lipinski definition) is 1. The smallest absolute Gasteiger partial charge is 0.269 e. The summed E-state index contributed by atoms with van der Waals surface area (Å²) in [6.07, 6.45) is 5.12. The molecule has 0 aliphatic heterocycles. The first-order chi connectivity index (χ1) is 11.0. The number of nitro benzene ring substituents is 1. The van der Waals surface area contributed by atoms with Crippen LogP contribution >= 0.6 is 0 Å². The predicted octanol–water partition coefficient (Wildman–Crippen LogP) is 2.94. The second-order valence-electron chi connectivity index (χ2n) is 5.96. The quantitative estimate of drug-likeness (QED) is 0.512. The molecule has 1 fully saturated rings. The van der Waals surface area contributed by atoms with E-state index in [9.17, 15) is 15.2 Å². The molecule has 0 bridgehead atoms. The van der Waals surface area contributed by atoms with Crippen LogP contribution in [0.1, 0.15) is 31.2 Å². The molecule has 0 amide bonds. The summed E-state index contributed by atoms with van der Waals surface area (Å²) in [7, 11) is 1.88. The summed E-state index contributed by atoms with van der Waals surface area (Å²) in [4.78, 5) is 12.2. The van der Waals surface area contributed by atoms with Crippen LogP contribution in [0, 0.1) is 27.4 Å². The fourth-order valence-corrected chi connectivity index (χ4v) is 3.08. The zero-order valence-electron chi connectivity index (χ0n) is 13.2. The van der Waals surface area contributed by atoms with Gasteiger partial charge < -0.3 is 10.0 Å². The van der Waals surface area contributed by atoms with E-state index in [2.05, 4.69) is 0 Å². The summed E-state index contributed by atoms with van der Waals surface area (Å²) in [5, 5.41) is 29.9. The number of nitro groups is 1. The van der Waals surface area contributed by atoms with Crippen LogP contribution in [0.5, 0.6) is 0 Å². The van der Waals surface area contributed by atoms with Crippen molar-refractivity contribution in [1.82, 2.24) is 4.90 Å². The van der Waals surface area contributed by atoms with Crippen LogP contribution in [-0.4, -0.2) is 34.6 Å². The molecule has 2 rings (SSSR count). The maximum atomic E-state index is 10.7. The van der Waals surface area contributed by atoms with Crippen molar-refractivity contribution in [3.8, 4) is 6.07 Å². The lowest BCUT2D eigenvalue weighted by molar-refractivity contribution is -0.384. The number of benzene rings is 1. The molecule has 2 unspecified atom stereocenters. The Hall–Kier alpha value is -2.39. The zero-order chi connectivity index (χ0) is 16.8. The van der Waals surface area contributed by atoms with E-state index in [1.807, 2.05) is 18.0 Å². The van der Waals surface area contributed by atoms with Gasteiger partial charge in [0, 0.05) is 37.7 Å². The van der Waals surface area contributed by atoms with Gasteiger partial charge in [0.25, 0.3) is 5.69 Å². The zero-order valence-corrected chi connectivity index (χ0v) is 13.2. The molecule has 1 aliphatic rings. The van der Waals surface area contributed by atoms with Crippen molar-refractivity contribution in [3.05, 3.63) is 46.0 Å². The van der Waals surface area contributed by atoms with Crippen molar-refractivity contribution in [2.24, 2.45) is 5.92 Å². The fourth-order valence-electron chi connectivity index (χ4n) is 3.08. The minimum atomic E-state index is -0.445. The van der Waals surface area contributed by atoms with Crippen molar-refractivity contribution in [1.29, 1.82) is 5.26 Å². The minimum Gasteiger partial charge on any atom is -0.393 e. The van der Waals surface area contributed by atoms with Gasteiger partial charge in [0.05, 0.1) is 22.8 Å². The Balaban J connectivity index is 2.15. The van der Waals surface area contributed by atoms with E-state index in [0.717, 1.165) is 31.2 Å². The molecule has 0 saturated heterocycles. The van der Waals surface area contributed by atoms with Gasteiger partial charge in [0.2, 0.25) is 0 Å². The van der Waals surface area contributed by atoms with Crippen LogP contribution in [-0.2, 0) is 0 Å². The molecule has 2 atom stereocenters. The van der Waals surface area contributed by atoms with Crippen molar-refractivity contribution >= 4 is 11.4 Å². The SMILES string of the molecule is CN(CC1CCCCC1O)/C(=C/C#N)c1ccc([N+](=O)[O-])cc1. The van der Waals surface area contributed by atoms with E-state index < -0.39 is 4.92 Å². The molecule has 1 aromatic carbocycles. The molecule has 1 aliphatic carbocycles. The lowest BCUT2D eigenvalue weighted by Crippen LogP contribution is -2.34. The Morgan fingerprint density at radius 1 is 1.43 bits per heavy atom. The Kier molecular flexibility index (Phi) is 5.72. The van der Waals surface area contributed by atoms with Crippen LogP contribution in [0.15, 0.2) is 30.3 Å². The third-order valence-electron chi connectivity index (χ3n) is 4.36. The van der Waals surface area contributed by atoms with Gasteiger partial charge in [0.1, 0.15) is 0 Å². The molecule has 122 valence electrons. The van der Waals surface area contributed by atoms with Crippen molar-refractivity contribution in [3.63, 3.8) is 0 Å². The summed E-state index contributed by atoms with van der Waals surface area (Å²) in [5.41, 5.74) is 1.49. The van der Waals surface area contributed by atoms with E-state index in [0.29, 0.717) is 12.2 Å². The predicted molar refractivity (Wildman–Crippen MR) is 87.3 cm³/mol. The number of non-ortho nitro benzene ring substituents is 1. The van der Waals surface area contributed by atoms with E-state index >= 15 is 0 Å². The second kappa shape index (κ2) is 7.75. The first-order valence-corrected chi connectivity index (χ1v) is 7.76. The summed E-state index contributed by atoms with van der Waals surface area (Å²) in [5.74, 6) is 0.189. The number of aliphatic hydroxyl groups excluding tert-OH is 1. The van der Waals surface area contributed by atoms with E-state index in [-0.39, 0.29) is 17.7 Å². The number of hydrogen-bond acceptors (Lipinski definition) is 5. The molecule has 1 N–H and O–H groups in total. The van der Waals surface area contributed by atoms with Gasteiger partial charge in [-0.1, -0.05) is 12.8 Å². The average Bonchev–Trinajstić information content (AvgIpc) is 2.54. The molecule has 0 heterocycles. The Bertz CT molecular complexity index is 619.